The zero-order valence-electron chi connectivity index (χ0n) is 12.8. The first-order valence-corrected chi connectivity index (χ1v) is 8.03. The quantitative estimate of drug-likeness (QED) is 0.579. The minimum absolute atomic E-state index is 0.150. The van der Waals surface area contributed by atoms with E-state index in [4.69, 9.17) is 0 Å². The molecule has 6 heteroatoms. The highest BCUT2D eigenvalue weighted by Crippen LogP contribution is 2.36. The summed E-state index contributed by atoms with van der Waals surface area (Å²) in [6, 6.07) is 0. The van der Waals surface area contributed by atoms with E-state index in [1.165, 1.54) is 25.7 Å². The second-order valence-corrected chi connectivity index (χ2v) is 5.92. The van der Waals surface area contributed by atoms with Crippen LogP contribution in [0.25, 0.3) is 0 Å². The standard InChI is InChI=1S/C16H20N4O2/c1-2-3-4-5-6-7-8-10-13-11(15(21)17-16(13)22)9-12-14(10)19-20-18-12/h9-10H,2-8H2,1H3,(H,17,21,22). The average Bonchev–Trinajstić information content (AvgIpc) is 3.07. The number of carbonyl (C=O) groups excluding carboxylic acids is 2. The van der Waals surface area contributed by atoms with Gasteiger partial charge in [-0.1, -0.05) is 45.4 Å². The smallest absolute Gasteiger partial charge is 0.258 e. The van der Waals surface area contributed by atoms with E-state index in [0.717, 1.165) is 25.0 Å². The van der Waals surface area contributed by atoms with E-state index in [0.29, 0.717) is 16.8 Å². The molecule has 0 radical (unpaired) electrons. The summed E-state index contributed by atoms with van der Waals surface area (Å²) in [5.41, 5.74) is 2.35. The van der Waals surface area contributed by atoms with Crippen molar-refractivity contribution in [2.24, 2.45) is 21.4 Å². The molecule has 0 aromatic heterocycles. The van der Waals surface area contributed by atoms with Crippen molar-refractivity contribution < 1.29 is 9.59 Å². The zero-order chi connectivity index (χ0) is 15.5. The molecule has 116 valence electrons. The van der Waals surface area contributed by atoms with Gasteiger partial charge in [-0.2, -0.15) is 0 Å². The van der Waals surface area contributed by atoms with Crippen LogP contribution in [0.4, 0.5) is 0 Å². The molecule has 1 atom stereocenters. The summed E-state index contributed by atoms with van der Waals surface area (Å²) in [6.07, 6.45) is 9.55. The van der Waals surface area contributed by atoms with Crippen LogP contribution in [-0.4, -0.2) is 17.5 Å². The predicted molar refractivity (Wildman–Crippen MR) is 82.0 cm³/mol. The SMILES string of the molecule is CCCCCCCCC1C2=NN=NC2=CC2=C1C(=O)NC2=O. The van der Waals surface area contributed by atoms with Crippen LogP contribution in [0.2, 0.25) is 0 Å². The van der Waals surface area contributed by atoms with E-state index >= 15 is 0 Å². The Bertz CT molecular complexity index is 628. The number of unbranched alkanes of at least 4 members (excludes halogenated alkanes) is 5. The highest BCUT2D eigenvalue weighted by molar-refractivity contribution is 6.26. The molecule has 0 bridgehead atoms. The van der Waals surface area contributed by atoms with Crippen molar-refractivity contribution in [3.05, 3.63) is 22.9 Å². The highest BCUT2D eigenvalue weighted by atomic mass is 16.2. The van der Waals surface area contributed by atoms with Crippen LogP contribution < -0.4 is 5.32 Å². The summed E-state index contributed by atoms with van der Waals surface area (Å²) in [4.78, 5) is 23.9. The fourth-order valence-corrected chi connectivity index (χ4v) is 3.23. The Hall–Kier alpha value is -2.11. The van der Waals surface area contributed by atoms with Crippen LogP contribution in [0, 0.1) is 5.92 Å². The van der Waals surface area contributed by atoms with Gasteiger partial charge in [0.15, 0.2) is 0 Å². The highest BCUT2D eigenvalue weighted by Gasteiger charge is 2.41. The lowest BCUT2D eigenvalue weighted by atomic mass is 9.81. The molecule has 2 heterocycles. The fourth-order valence-electron chi connectivity index (χ4n) is 3.23. The number of amides is 2. The first kappa shape index (κ1) is 14.8. The molecule has 1 aliphatic carbocycles. The number of nitrogens with one attached hydrogen (secondary N) is 1. The van der Waals surface area contributed by atoms with Gasteiger partial charge in [0, 0.05) is 11.5 Å². The number of nitrogens with zero attached hydrogens (tertiary/aromatic N) is 3. The van der Waals surface area contributed by atoms with E-state index in [-0.39, 0.29) is 17.7 Å². The first-order chi connectivity index (χ1) is 10.7. The van der Waals surface area contributed by atoms with Crippen LogP contribution in [-0.2, 0) is 9.59 Å². The second kappa shape index (κ2) is 6.34. The Morgan fingerprint density at radius 3 is 2.68 bits per heavy atom. The normalized spacial score (nSPS) is 22.5. The van der Waals surface area contributed by atoms with Crippen LogP contribution >= 0.6 is 0 Å². The second-order valence-electron chi connectivity index (χ2n) is 5.92. The molecule has 0 spiro atoms. The maximum Gasteiger partial charge on any atom is 0.258 e. The van der Waals surface area contributed by atoms with Crippen LogP contribution in [0.5, 0.6) is 0 Å². The number of imide groups is 1. The summed E-state index contributed by atoms with van der Waals surface area (Å²) in [5.74, 6) is -0.773. The van der Waals surface area contributed by atoms with Gasteiger partial charge in [-0.15, -0.1) is 10.2 Å². The molecule has 3 rings (SSSR count). The van der Waals surface area contributed by atoms with Crippen molar-refractivity contribution >= 4 is 17.5 Å². The molecule has 0 aromatic carbocycles. The molecule has 0 aromatic rings. The first-order valence-electron chi connectivity index (χ1n) is 8.03. The van der Waals surface area contributed by atoms with Gasteiger partial charge < -0.3 is 0 Å². The molecule has 1 unspecified atom stereocenters. The van der Waals surface area contributed by atoms with Gasteiger partial charge in [0.1, 0.15) is 11.4 Å². The predicted octanol–water partition coefficient (Wildman–Crippen LogP) is 3.03. The van der Waals surface area contributed by atoms with Crippen molar-refractivity contribution in [1.29, 1.82) is 0 Å². The van der Waals surface area contributed by atoms with E-state index in [1.54, 1.807) is 6.08 Å². The van der Waals surface area contributed by atoms with Crippen molar-refractivity contribution in [3.8, 4) is 0 Å². The molecular weight excluding hydrogens is 280 g/mol. The monoisotopic (exact) mass is 300 g/mol. The number of carbonyl (C=O) groups is 2. The maximum atomic E-state index is 12.1. The van der Waals surface area contributed by atoms with Gasteiger partial charge in [0.25, 0.3) is 11.8 Å². The molecule has 0 saturated heterocycles. The molecule has 0 fully saturated rings. The van der Waals surface area contributed by atoms with Crippen molar-refractivity contribution in [3.63, 3.8) is 0 Å². The van der Waals surface area contributed by atoms with Gasteiger partial charge in [0.2, 0.25) is 0 Å². The fraction of sp³-hybridized carbons (Fsp3) is 0.562. The third-order valence-corrected chi connectivity index (χ3v) is 4.38. The molecule has 2 amide bonds. The van der Waals surface area contributed by atoms with Crippen LogP contribution in [0.15, 0.2) is 38.4 Å². The summed E-state index contributed by atoms with van der Waals surface area (Å²) < 4.78 is 0. The van der Waals surface area contributed by atoms with Gasteiger partial charge in [0.05, 0.1) is 5.57 Å². The Kier molecular flexibility index (Phi) is 4.27. The van der Waals surface area contributed by atoms with E-state index in [2.05, 4.69) is 27.7 Å². The Balaban J connectivity index is 1.69. The molecule has 2 aliphatic heterocycles. The van der Waals surface area contributed by atoms with Crippen LogP contribution in [0.3, 0.4) is 0 Å². The number of rotatable bonds is 7. The van der Waals surface area contributed by atoms with Gasteiger partial charge in [-0.25, -0.2) is 0 Å². The number of hydrogen-bond donors (Lipinski definition) is 1. The van der Waals surface area contributed by atoms with Gasteiger partial charge in [-0.05, 0) is 17.7 Å². The van der Waals surface area contributed by atoms with E-state index in [9.17, 15) is 9.59 Å². The van der Waals surface area contributed by atoms with Gasteiger partial charge in [-0.3, -0.25) is 14.9 Å². The van der Waals surface area contributed by atoms with Crippen molar-refractivity contribution in [1.82, 2.24) is 5.32 Å². The molecule has 22 heavy (non-hydrogen) atoms. The molecule has 1 N–H and O–H groups in total. The molecular formula is C16H20N4O2. The largest absolute Gasteiger partial charge is 0.288 e. The molecule has 6 nitrogen and oxygen atoms in total. The maximum absolute atomic E-state index is 12.1. The van der Waals surface area contributed by atoms with E-state index in [1.807, 2.05) is 0 Å². The minimum Gasteiger partial charge on any atom is -0.288 e. The lowest BCUT2D eigenvalue weighted by Gasteiger charge is -2.20. The Labute approximate surface area is 129 Å². The van der Waals surface area contributed by atoms with Crippen molar-refractivity contribution in [2.75, 3.05) is 0 Å². The minimum atomic E-state index is -0.332. The summed E-state index contributed by atoms with van der Waals surface area (Å²) >= 11 is 0. The third kappa shape index (κ3) is 2.65. The van der Waals surface area contributed by atoms with Crippen LogP contribution in [0.1, 0.15) is 51.9 Å². The van der Waals surface area contributed by atoms with Gasteiger partial charge >= 0.3 is 0 Å². The lowest BCUT2D eigenvalue weighted by molar-refractivity contribution is -0.124. The lowest BCUT2D eigenvalue weighted by Crippen LogP contribution is -2.27. The molecule has 0 saturated carbocycles. The summed E-state index contributed by atoms with van der Waals surface area (Å²) in [6.45, 7) is 2.20. The third-order valence-electron chi connectivity index (χ3n) is 4.38. The Morgan fingerprint density at radius 2 is 1.86 bits per heavy atom. The molecule has 3 aliphatic rings. The summed E-state index contributed by atoms with van der Waals surface area (Å²) in [5, 5.41) is 14.1. The number of hydrogen-bond acceptors (Lipinski definition) is 5. The average molecular weight is 300 g/mol. The van der Waals surface area contributed by atoms with E-state index < -0.39 is 0 Å². The van der Waals surface area contributed by atoms with Crippen molar-refractivity contribution in [2.45, 2.75) is 51.9 Å². The zero-order valence-corrected chi connectivity index (χ0v) is 12.8. The number of fused-ring (bicyclic) bond motifs is 1. The Morgan fingerprint density at radius 1 is 1.09 bits per heavy atom. The topological polar surface area (TPSA) is 83.2 Å². The summed E-state index contributed by atoms with van der Waals surface area (Å²) in [7, 11) is 0. The number of allylic oxidation sites excluding steroid dienone is 1.